The number of carbonyl (C=O) groups excluding carboxylic acids is 1. The lowest BCUT2D eigenvalue weighted by molar-refractivity contribution is -0.115. The molecule has 1 heterocycles. The van der Waals surface area contributed by atoms with Crippen LogP contribution >= 0.6 is 23.2 Å². The van der Waals surface area contributed by atoms with Crippen molar-refractivity contribution in [2.45, 2.75) is 46.1 Å². The summed E-state index contributed by atoms with van der Waals surface area (Å²) in [6.07, 6.45) is 5.80. The normalized spacial score (nSPS) is 12.1. The highest BCUT2D eigenvalue weighted by Gasteiger charge is 2.19. The summed E-state index contributed by atoms with van der Waals surface area (Å²) < 4.78 is 29.2. The number of aryl methyl sites for hydroxylation is 1. The molecule has 0 saturated heterocycles. The van der Waals surface area contributed by atoms with E-state index in [2.05, 4.69) is 9.71 Å². The third-order valence-electron chi connectivity index (χ3n) is 5.55. The highest BCUT2D eigenvalue weighted by Crippen LogP contribution is 2.24. The molecule has 0 saturated carbocycles. The van der Waals surface area contributed by atoms with Crippen molar-refractivity contribution in [2.75, 3.05) is 5.75 Å². The summed E-state index contributed by atoms with van der Waals surface area (Å²) in [6, 6.07) is 14.7. The van der Waals surface area contributed by atoms with Crippen LogP contribution in [0.5, 0.6) is 0 Å². The Hall–Kier alpha value is -2.61. The van der Waals surface area contributed by atoms with Crippen LogP contribution in [0.15, 0.2) is 60.3 Å². The second kappa shape index (κ2) is 12.4. The van der Waals surface area contributed by atoms with Crippen molar-refractivity contribution in [2.24, 2.45) is 0 Å². The molecule has 0 atom stereocenters. The number of halogens is 2. The minimum absolute atomic E-state index is 0.0860. The predicted molar refractivity (Wildman–Crippen MR) is 142 cm³/mol. The van der Waals surface area contributed by atoms with Crippen molar-refractivity contribution < 1.29 is 13.2 Å². The van der Waals surface area contributed by atoms with Gasteiger partial charge in [-0.05, 0) is 42.7 Å². The second-order valence-corrected chi connectivity index (χ2v) is 11.0. The van der Waals surface area contributed by atoms with Gasteiger partial charge in [0, 0.05) is 22.0 Å². The molecule has 2 aromatic carbocycles. The maximum Gasteiger partial charge on any atom is 0.261 e. The smallest absolute Gasteiger partial charge is 0.261 e. The highest BCUT2D eigenvalue weighted by molar-refractivity contribution is 7.90. The lowest BCUT2D eigenvalue weighted by Gasteiger charge is -2.13. The average Bonchev–Trinajstić information content (AvgIpc) is 3.14. The molecule has 3 rings (SSSR count). The van der Waals surface area contributed by atoms with Gasteiger partial charge in [-0.15, -0.1) is 0 Å². The van der Waals surface area contributed by atoms with Crippen molar-refractivity contribution in [1.29, 1.82) is 0 Å². The van der Waals surface area contributed by atoms with Gasteiger partial charge in [0.25, 0.3) is 5.91 Å². The van der Waals surface area contributed by atoms with E-state index in [0.29, 0.717) is 34.3 Å². The molecule has 0 unspecified atom stereocenters. The molecule has 0 bridgehead atoms. The third-order valence-corrected chi connectivity index (χ3v) is 7.45. The van der Waals surface area contributed by atoms with E-state index in [1.807, 2.05) is 54.8 Å². The summed E-state index contributed by atoms with van der Waals surface area (Å²) in [5.74, 6) is 0.00585. The fraction of sp³-hybridized carbons (Fsp3) is 0.308. The molecule has 1 aromatic heterocycles. The van der Waals surface area contributed by atoms with Crippen molar-refractivity contribution in [3.8, 4) is 0 Å². The first-order valence-electron chi connectivity index (χ1n) is 11.4. The molecule has 1 amide bonds. The maximum atomic E-state index is 13.1. The van der Waals surface area contributed by atoms with Gasteiger partial charge in [-0.3, -0.25) is 4.79 Å². The number of benzene rings is 2. The number of amides is 1. The van der Waals surface area contributed by atoms with Crippen molar-refractivity contribution >= 4 is 45.2 Å². The number of nitrogens with zero attached hydrogens (tertiary/aromatic N) is 2. The average molecular weight is 535 g/mol. The Morgan fingerprint density at radius 2 is 1.86 bits per heavy atom. The molecule has 9 heteroatoms. The quantitative estimate of drug-likeness (QED) is 0.249. The van der Waals surface area contributed by atoms with Crippen LogP contribution in [0.1, 0.15) is 48.8 Å². The van der Waals surface area contributed by atoms with E-state index in [0.717, 1.165) is 29.8 Å². The fourth-order valence-electron chi connectivity index (χ4n) is 3.62. The van der Waals surface area contributed by atoms with Gasteiger partial charge in [-0.1, -0.05) is 79.4 Å². The van der Waals surface area contributed by atoms with E-state index in [9.17, 15) is 13.2 Å². The fourth-order valence-corrected chi connectivity index (χ4v) is 5.19. The number of nitrogens with one attached hydrogen (secondary N) is 1. The number of unbranched alkanes of at least 4 members (excludes halogenated alkanes) is 2. The van der Waals surface area contributed by atoms with Crippen LogP contribution in [-0.4, -0.2) is 29.6 Å². The Balaban J connectivity index is 1.94. The first-order chi connectivity index (χ1) is 16.7. The molecular formula is C26H29Cl2N3O3S. The zero-order valence-corrected chi connectivity index (χ0v) is 22.1. The first-order valence-corrected chi connectivity index (χ1v) is 13.8. The summed E-state index contributed by atoms with van der Waals surface area (Å²) in [6.45, 7) is 4.27. The summed E-state index contributed by atoms with van der Waals surface area (Å²) in [5, 5.41) is 1.07. The van der Waals surface area contributed by atoms with Crippen molar-refractivity contribution in [3.05, 3.63) is 93.0 Å². The second-order valence-electron chi connectivity index (χ2n) is 8.34. The van der Waals surface area contributed by atoms with E-state index < -0.39 is 15.9 Å². The number of sulfonamides is 1. The molecule has 0 fully saturated rings. The van der Waals surface area contributed by atoms with Crippen molar-refractivity contribution in [1.82, 2.24) is 14.3 Å². The van der Waals surface area contributed by atoms with E-state index >= 15 is 0 Å². The van der Waals surface area contributed by atoms with Crippen LogP contribution in [0, 0.1) is 6.92 Å². The Kier molecular flexibility index (Phi) is 9.55. The molecule has 0 radical (unpaired) electrons. The molecule has 3 aromatic rings. The van der Waals surface area contributed by atoms with Gasteiger partial charge in [0.1, 0.15) is 5.82 Å². The van der Waals surface area contributed by atoms with Gasteiger partial charge in [0.05, 0.1) is 24.2 Å². The third kappa shape index (κ3) is 7.95. The molecule has 0 aliphatic heterocycles. The van der Waals surface area contributed by atoms with Crippen LogP contribution in [0.2, 0.25) is 10.0 Å². The maximum absolute atomic E-state index is 13.1. The van der Waals surface area contributed by atoms with E-state index in [-0.39, 0.29) is 12.2 Å². The Morgan fingerprint density at radius 1 is 1.11 bits per heavy atom. The number of aromatic nitrogens is 2. The topological polar surface area (TPSA) is 81.1 Å². The monoisotopic (exact) mass is 533 g/mol. The summed E-state index contributed by atoms with van der Waals surface area (Å²) >= 11 is 12.4. The molecular weight excluding hydrogens is 505 g/mol. The van der Waals surface area contributed by atoms with Gasteiger partial charge in [0.2, 0.25) is 10.0 Å². The Labute approximate surface area is 217 Å². The first kappa shape index (κ1) is 27.0. The van der Waals surface area contributed by atoms with Gasteiger partial charge >= 0.3 is 0 Å². The van der Waals surface area contributed by atoms with Gasteiger partial charge < -0.3 is 4.57 Å². The lowest BCUT2D eigenvalue weighted by atomic mass is 10.0. The number of hydrogen-bond donors (Lipinski definition) is 1. The van der Waals surface area contributed by atoms with Crippen LogP contribution in [0.4, 0.5) is 0 Å². The van der Waals surface area contributed by atoms with Crippen LogP contribution in [0.3, 0.4) is 0 Å². The number of imidazole rings is 1. The standard InChI is InChI=1S/C26H29Cl2N3O3S/c1-3-4-8-13-35(33,34)30-26(32)22(14-20-9-6-5-7-10-20)15-24-17-29-19(2)31(24)18-21-11-12-23(27)16-25(21)28/h5-7,9-12,15-17H,3-4,8,13-14,18H2,1-2H3,(H,30,32). The van der Waals surface area contributed by atoms with E-state index in [1.165, 1.54) is 0 Å². The van der Waals surface area contributed by atoms with Gasteiger partial charge in [-0.25, -0.2) is 18.1 Å². The molecule has 35 heavy (non-hydrogen) atoms. The molecule has 0 aliphatic carbocycles. The number of hydrogen-bond acceptors (Lipinski definition) is 4. The van der Waals surface area contributed by atoms with Crippen LogP contribution in [-0.2, 0) is 27.8 Å². The van der Waals surface area contributed by atoms with E-state index in [1.54, 1.807) is 24.4 Å². The Bertz CT molecular complexity index is 1300. The molecule has 0 spiro atoms. The molecule has 6 nitrogen and oxygen atoms in total. The molecule has 0 aliphatic rings. The zero-order valence-electron chi connectivity index (χ0n) is 19.8. The van der Waals surface area contributed by atoms with Gasteiger partial charge in [-0.2, -0.15) is 0 Å². The summed E-state index contributed by atoms with van der Waals surface area (Å²) in [7, 11) is -3.74. The minimum Gasteiger partial charge on any atom is -0.324 e. The number of rotatable bonds is 11. The summed E-state index contributed by atoms with van der Waals surface area (Å²) in [5.41, 5.74) is 2.72. The van der Waals surface area contributed by atoms with Crippen molar-refractivity contribution in [3.63, 3.8) is 0 Å². The highest BCUT2D eigenvalue weighted by atomic mass is 35.5. The zero-order chi connectivity index (χ0) is 25.4. The number of carbonyl (C=O) groups is 1. The minimum atomic E-state index is -3.74. The Morgan fingerprint density at radius 3 is 2.54 bits per heavy atom. The lowest BCUT2D eigenvalue weighted by Crippen LogP contribution is -2.34. The van der Waals surface area contributed by atoms with Crippen LogP contribution in [0.25, 0.3) is 6.08 Å². The largest absolute Gasteiger partial charge is 0.324 e. The summed E-state index contributed by atoms with van der Waals surface area (Å²) in [4.78, 5) is 17.5. The predicted octanol–water partition coefficient (Wildman–Crippen LogP) is 5.81. The molecule has 186 valence electrons. The van der Waals surface area contributed by atoms with E-state index in [4.69, 9.17) is 23.2 Å². The molecule has 1 N–H and O–H groups in total. The van der Waals surface area contributed by atoms with Crippen LogP contribution < -0.4 is 4.72 Å². The SMILES string of the molecule is CCCCCS(=O)(=O)NC(=O)C(=Cc1cnc(C)n1Cc1ccc(Cl)cc1Cl)Cc1ccccc1. The van der Waals surface area contributed by atoms with Gasteiger partial charge in [0.15, 0.2) is 0 Å².